The Bertz CT molecular complexity index is 893. The Kier molecular flexibility index (Phi) is 4.35. The first-order valence-corrected chi connectivity index (χ1v) is 10.1. The van der Waals surface area contributed by atoms with Crippen LogP contribution in [-0.2, 0) is 16.4 Å². The number of sulfonamides is 1. The Morgan fingerprint density at radius 1 is 1.00 bits per heavy atom. The summed E-state index contributed by atoms with van der Waals surface area (Å²) in [5.41, 5.74) is 2.00. The van der Waals surface area contributed by atoms with Gasteiger partial charge in [0.15, 0.2) is 0 Å². The van der Waals surface area contributed by atoms with Crippen LogP contribution in [0.3, 0.4) is 0 Å². The first-order valence-electron chi connectivity index (χ1n) is 8.30. The maximum Gasteiger partial charge on any atom is 0.243 e. The average Bonchev–Trinajstić information content (AvgIpc) is 3.09. The lowest BCUT2D eigenvalue weighted by atomic mass is 10.2. The number of fused-ring (bicyclic) bond motifs is 1. The Morgan fingerprint density at radius 2 is 1.80 bits per heavy atom. The van der Waals surface area contributed by atoms with E-state index in [0.717, 1.165) is 23.4 Å². The first-order chi connectivity index (χ1) is 12.0. The van der Waals surface area contributed by atoms with Gasteiger partial charge in [0.25, 0.3) is 0 Å². The molecular weight excluding hydrogens is 360 g/mol. The molecule has 0 amide bonds. The molecule has 132 valence electrons. The summed E-state index contributed by atoms with van der Waals surface area (Å²) >= 11 is 6.05. The number of halogens is 1. The molecular formula is C18H19ClN2O3S. The van der Waals surface area contributed by atoms with Crippen LogP contribution < -0.4 is 9.64 Å². The van der Waals surface area contributed by atoms with Gasteiger partial charge in [-0.25, -0.2) is 8.42 Å². The van der Waals surface area contributed by atoms with Crippen LogP contribution in [0.1, 0.15) is 5.56 Å². The summed E-state index contributed by atoms with van der Waals surface area (Å²) in [4.78, 5) is 2.52. The summed E-state index contributed by atoms with van der Waals surface area (Å²) in [5, 5.41) is 0.688. The van der Waals surface area contributed by atoms with Gasteiger partial charge < -0.3 is 9.64 Å². The molecule has 0 saturated carbocycles. The largest absolute Gasteiger partial charge is 0.493 e. The molecule has 2 aliphatic rings. The number of hydrogen-bond donors (Lipinski definition) is 0. The fourth-order valence-electron chi connectivity index (χ4n) is 3.33. The molecule has 0 N–H and O–H groups in total. The molecule has 4 rings (SSSR count). The lowest BCUT2D eigenvalue weighted by Crippen LogP contribution is -2.48. The highest BCUT2D eigenvalue weighted by atomic mass is 35.5. The summed E-state index contributed by atoms with van der Waals surface area (Å²) < 4.78 is 32.9. The van der Waals surface area contributed by atoms with Crippen LogP contribution in [0.2, 0.25) is 5.02 Å². The van der Waals surface area contributed by atoms with Gasteiger partial charge in [0, 0.05) is 43.3 Å². The highest BCUT2D eigenvalue weighted by molar-refractivity contribution is 7.89. The van der Waals surface area contributed by atoms with E-state index >= 15 is 0 Å². The summed E-state index contributed by atoms with van der Waals surface area (Å²) in [6, 6.07) is 12.8. The van der Waals surface area contributed by atoms with Crippen LogP contribution in [0.15, 0.2) is 47.4 Å². The van der Waals surface area contributed by atoms with E-state index in [1.807, 2.05) is 24.3 Å². The third-order valence-corrected chi connectivity index (χ3v) is 6.84. The molecule has 0 aromatic heterocycles. The van der Waals surface area contributed by atoms with E-state index in [1.54, 1.807) is 22.5 Å². The monoisotopic (exact) mass is 378 g/mol. The van der Waals surface area contributed by atoms with Crippen LogP contribution >= 0.6 is 11.6 Å². The van der Waals surface area contributed by atoms with Gasteiger partial charge in [0.2, 0.25) is 10.0 Å². The summed E-state index contributed by atoms with van der Waals surface area (Å²) in [6.45, 7) is 2.84. The molecule has 2 aromatic carbocycles. The van der Waals surface area contributed by atoms with Crippen LogP contribution in [0.25, 0.3) is 0 Å². The maximum absolute atomic E-state index is 12.9. The Hall–Kier alpha value is -1.76. The summed E-state index contributed by atoms with van der Waals surface area (Å²) in [6.07, 6.45) is 0.765. The summed E-state index contributed by atoms with van der Waals surface area (Å²) in [7, 11) is -3.47. The van der Waals surface area contributed by atoms with E-state index < -0.39 is 10.0 Å². The van der Waals surface area contributed by atoms with E-state index in [9.17, 15) is 8.42 Å². The minimum Gasteiger partial charge on any atom is -0.493 e. The molecule has 0 radical (unpaired) electrons. The zero-order valence-corrected chi connectivity index (χ0v) is 15.3. The number of rotatable bonds is 3. The van der Waals surface area contributed by atoms with Crippen molar-refractivity contribution < 1.29 is 13.2 Å². The van der Waals surface area contributed by atoms with E-state index in [2.05, 4.69) is 4.90 Å². The molecule has 2 aromatic rings. The number of ether oxygens (including phenoxy) is 1. The quantitative estimate of drug-likeness (QED) is 0.824. The third kappa shape index (κ3) is 3.21. The molecule has 1 fully saturated rings. The van der Waals surface area contributed by atoms with Gasteiger partial charge in [-0.15, -0.1) is 0 Å². The Labute approximate surface area is 152 Å². The molecule has 2 aliphatic heterocycles. The lowest BCUT2D eigenvalue weighted by molar-refractivity contribution is 0.356. The molecule has 5 nitrogen and oxygen atoms in total. The van der Waals surface area contributed by atoms with Crippen LogP contribution in [0, 0.1) is 0 Å². The van der Waals surface area contributed by atoms with Gasteiger partial charge in [-0.05, 0) is 42.0 Å². The zero-order valence-electron chi connectivity index (χ0n) is 13.7. The Morgan fingerprint density at radius 3 is 2.56 bits per heavy atom. The van der Waals surface area contributed by atoms with Crippen molar-refractivity contribution >= 4 is 27.3 Å². The lowest BCUT2D eigenvalue weighted by Gasteiger charge is -2.35. The van der Waals surface area contributed by atoms with E-state index in [-0.39, 0.29) is 0 Å². The predicted octanol–water partition coefficient (Wildman–Crippen LogP) is 2.79. The number of piperazine rings is 1. The van der Waals surface area contributed by atoms with Gasteiger partial charge in [0.1, 0.15) is 5.75 Å². The van der Waals surface area contributed by atoms with Crippen molar-refractivity contribution in [3.63, 3.8) is 0 Å². The van der Waals surface area contributed by atoms with E-state index in [4.69, 9.17) is 16.3 Å². The Balaban J connectivity index is 1.50. The van der Waals surface area contributed by atoms with Crippen LogP contribution in [0.5, 0.6) is 5.75 Å². The molecule has 0 spiro atoms. The SMILES string of the molecule is O=S(=O)(c1ccc2c(c1)CCO2)N1CCN(c2cccc(Cl)c2)CC1. The number of benzene rings is 2. The standard InChI is InChI=1S/C18H19ClN2O3S/c19-15-2-1-3-16(13-15)20-7-9-21(10-8-20)25(22,23)17-4-5-18-14(12-17)6-11-24-18/h1-5,12-13H,6-11H2. The molecule has 0 bridgehead atoms. The highest BCUT2D eigenvalue weighted by Crippen LogP contribution is 2.29. The van der Waals surface area contributed by atoms with Crippen molar-refractivity contribution in [2.75, 3.05) is 37.7 Å². The fraction of sp³-hybridized carbons (Fsp3) is 0.333. The molecule has 25 heavy (non-hydrogen) atoms. The topological polar surface area (TPSA) is 49.9 Å². The maximum atomic E-state index is 12.9. The van der Waals surface area contributed by atoms with Crippen molar-refractivity contribution in [2.24, 2.45) is 0 Å². The molecule has 7 heteroatoms. The molecule has 2 heterocycles. The minimum absolute atomic E-state index is 0.355. The molecule has 0 atom stereocenters. The zero-order chi connectivity index (χ0) is 17.4. The number of hydrogen-bond acceptors (Lipinski definition) is 4. The number of nitrogens with zero attached hydrogens (tertiary/aromatic N) is 2. The van der Waals surface area contributed by atoms with Gasteiger partial charge in [-0.3, -0.25) is 0 Å². The number of anilines is 1. The fourth-order valence-corrected chi connectivity index (χ4v) is 4.99. The van der Waals surface area contributed by atoms with Gasteiger partial charge in [0.05, 0.1) is 11.5 Å². The normalized spacial score (nSPS) is 18.0. The van der Waals surface area contributed by atoms with Crippen molar-refractivity contribution in [1.82, 2.24) is 4.31 Å². The van der Waals surface area contributed by atoms with Gasteiger partial charge >= 0.3 is 0 Å². The highest BCUT2D eigenvalue weighted by Gasteiger charge is 2.29. The van der Waals surface area contributed by atoms with Gasteiger partial charge in [-0.2, -0.15) is 4.31 Å². The van der Waals surface area contributed by atoms with E-state index in [1.165, 1.54) is 0 Å². The second-order valence-electron chi connectivity index (χ2n) is 6.24. The van der Waals surface area contributed by atoms with E-state index in [0.29, 0.717) is 42.7 Å². The minimum atomic E-state index is -3.47. The average molecular weight is 379 g/mol. The third-order valence-electron chi connectivity index (χ3n) is 4.71. The molecule has 1 saturated heterocycles. The molecule has 0 aliphatic carbocycles. The predicted molar refractivity (Wildman–Crippen MR) is 98.1 cm³/mol. The van der Waals surface area contributed by atoms with Crippen molar-refractivity contribution in [1.29, 1.82) is 0 Å². The summed E-state index contributed by atoms with van der Waals surface area (Å²) in [5.74, 6) is 0.796. The van der Waals surface area contributed by atoms with Crippen molar-refractivity contribution in [2.45, 2.75) is 11.3 Å². The van der Waals surface area contributed by atoms with Crippen LogP contribution in [0.4, 0.5) is 5.69 Å². The van der Waals surface area contributed by atoms with Crippen molar-refractivity contribution in [3.05, 3.63) is 53.1 Å². The first kappa shape index (κ1) is 16.7. The second kappa shape index (κ2) is 6.52. The smallest absolute Gasteiger partial charge is 0.243 e. The van der Waals surface area contributed by atoms with Crippen molar-refractivity contribution in [3.8, 4) is 5.75 Å². The van der Waals surface area contributed by atoms with Gasteiger partial charge in [-0.1, -0.05) is 17.7 Å². The van der Waals surface area contributed by atoms with Crippen LogP contribution in [-0.4, -0.2) is 45.5 Å². The second-order valence-corrected chi connectivity index (χ2v) is 8.61. The molecule has 0 unspecified atom stereocenters.